The van der Waals surface area contributed by atoms with Gasteiger partial charge in [0.2, 0.25) is 5.91 Å². The molecule has 1 saturated heterocycles. The third kappa shape index (κ3) is 5.91. The van der Waals surface area contributed by atoms with Gasteiger partial charge in [-0.05, 0) is 86.8 Å². The molecule has 7 nitrogen and oxygen atoms in total. The summed E-state index contributed by atoms with van der Waals surface area (Å²) in [6, 6.07) is 19.7. The zero-order valence-electron chi connectivity index (χ0n) is 21.1. The maximum Gasteiger partial charge on any atom is 0.253 e. The van der Waals surface area contributed by atoms with Gasteiger partial charge in [-0.1, -0.05) is 6.07 Å². The van der Waals surface area contributed by atoms with Gasteiger partial charge in [0.15, 0.2) is 0 Å². The first-order chi connectivity index (χ1) is 17.5. The van der Waals surface area contributed by atoms with Crippen LogP contribution in [0.4, 0.5) is 11.4 Å². The standard InChI is InChI=1S/C29H35N5O2/c1-3-33(4-2)29(36)23-8-10-25(11-9-23)34(27-7-5-6-24(20-27)28(30)35)26-14-18-32(19-15-26)21-22-12-16-31-17-13-22/h5-13,16-17,20,26H,3-4,14-15,18-19,21H2,1-2H3,(H2,30,35). The van der Waals surface area contributed by atoms with Crippen molar-refractivity contribution >= 4 is 23.2 Å². The zero-order chi connectivity index (χ0) is 25.5. The van der Waals surface area contributed by atoms with E-state index in [1.807, 2.05) is 73.6 Å². The van der Waals surface area contributed by atoms with Crippen molar-refractivity contribution in [3.05, 3.63) is 89.7 Å². The molecule has 0 spiro atoms. The summed E-state index contributed by atoms with van der Waals surface area (Å²) in [6.45, 7) is 8.19. The second kappa shape index (κ2) is 11.8. The molecule has 0 bridgehead atoms. The Morgan fingerprint density at radius 2 is 1.58 bits per heavy atom. The van der Waals surface area contributed by atoms with E-state index in [0.29, 0.717) is 24.2 Å². The van der Waals surface area contributed by atoms with Gasteiger partial charge in [0.1, 0.15) is 0 Å². The Morgan fingerprint density at radius 3 is 2.19 bits per heavy atom. The van der Waals surface area contributed by atoms with Crippen LogP contribution in [0.3, 0.4) is 0 Å². The summed E-state index contributed by atoms with van der Waals surface area (Å²) in [5.74, 6) is -0.401. The van der Waals surface area contributed by atoms with E-state index in [1.165, 1.54) is 5.56 Å². The number of hydrogen-bond donors (Lipinski definition) is 1. The highest BCUT2D eigenvalue weighted by Gasteiger charge is 2.27. The highest BCUT2D eigenvalue weighted by Crippen LogP contribution is 2.33. The number of nitrogens with zero attached hydrogens (tertiary/aromatic N) is 4. The summed E-state index contributed by atoms with van der Waals surface area (Å²) in [5, 5.41) is 0. The average Bonchev–Trinajstić information content (AvgIpc) is 2.91. The van der Waals surface area contributed by atoms with Crippen LogP contribution in [0.2, 0.25) is 0 Å². The first-order valence-corrected chi connectivity index (χ1v) is 12.7. The molecule has 2 N–H and O–H groups in total. The minimum absolute atomic E-state index is 0.0400. The largest absolute Gasteiger partial charge is 0.366 e. The SMILES string of the molecule is CCN(CC)C(=O)c1ccc(N(c2cccc(C(N)=O)c2)C2CCN(Cc3ccncc3)CC2)cc1. The highest BCUT2D eigenvalue weighted by atomic mass is 16.2. The number of amides is 2. The lowest BCUT2D eigenvalue weighted by Crippen LogP contribution is -2.43. The molecule has 0 aliphatic carbocycles. The molecule has 0 saturated carbocycles. The molecule has 1 aliphatic heterocycles. The molecule has 2 amide bonds. The van der Waals surface area contributed by atoms with E-state index in [0.717, 1.165) is 43.9 Å². The summed E-state index contributed by atoms with van der Waals surface area (Å²) < 4.78 is 0. The molecule has 2 heterocycles. The smallest absolute Gasteiger partial charge is 0.253 e. The van der Waals surface area contributed by atoms with Gasteiger partial charge in [0.05, 0.1) is 0 Å². The van der Waals surface area contributed by atoms with Crippen LogP contribution in [0.25, 0.3) is 0 Å². The first-order valence-electron chi connectivity index (χ1n) is 12.7. The van der Waals surface area contributed by atoms with Crippen LogP contribution in [-0.4, -0.2) is 58.8 Å². The Labute approximate surface area is 213 Å². The summed E-state index contributed by atoms with van der Waals surface area (Å²) >= 11 is 0. The number of hydrogen-bond acceptors (Lipinski definition) is 5. The molecule has 4 rings (SSSR count). The zero-order valence-corrected chi connectivity index (χ0v) is 21.1. The Bertz CT molecular complexity index is 1150. The molecule has 1 aromatic heterocycles. The van der Waals surface area contributed by atoms with E-state index < -0.39 is 5.91 Å². The van der Waals surface area contributed by atoms with Crippen LogP contribution in [0.15, 0.2) is 73.1 Å². The second-order valence-electron chi connectivity index (χ2n) is 9.17. The molecule has 0 atom stereocenters. The number of nitrogens with two attached hydrogens (primary N) is 1. The van der Waals surface area contributed by atoms with Gasteiger partial charge in [0, 0.05) is 73.7 Å². The van der Waals surface area contributed by atoms with Crippen molar-refractivity contribution in [2.24, 2.45) is 5.73 Å². The third-order valence-corrected chi connectivity index (χ3v) is 6.93. The highest BCUT2D eigenvalue weighted by molar-refractivity contribution is 5.95. The number of carbonyl (C=O) groups is 2. The summed E-state index contributed by atoms with van der Waals surface area (Å²) in [6.07, 6.45) is 5.63. The van der Waals surface area contributed by atoms with E-state index in [-0.39, 0.29) is 11.9 Å². The van der Waals surface area contributed by atoms with Crippen molar-refractivity contribution in [1.29, 1.82) is 0 Å². The van der Waals surface area contributed by atoms with Crippen LogP contribution in [0.1, 0.15) is 53.0 Å². The van der Waals surface area contributed by atoms with Crippen LogP contribution >= 0.6 is 0 Å². The minimum Gasteiger partial charge on any atom is -0.366 e. The van der Waals surface area contributed by atoms with Gasteiger partial charge in [-0.15, -0.1) is 0 Å². The molecular formula is C29H35N5O2. The molecule has 188 valence electrons. The number of likely N-dealkylation sites (tertiary alicyclic amines) is 1. The molecule has 1 fully saturated rings. The van der Waals surface area contributed by atoms with Crippen molar-refractivity contribution < 1.29 is 9.59 Å². The number of carbonyl (C=O) groups excluding carboxylic acids is 2. The fourth-order valence-corrected chi connectivity index (χ4v) is 4.92. The Morgan fingerprint density at radius 1 is 0.917 bits per heavy atom. The molecular weight excluding hydrogens is 450 g/mol. The molecule has 7 heteroatoms. The molecule has 3 aromatic rings. The van der Waals surface area contributed by atoms with Gasteiger partial charge in [-0.3, -0.25) is 19.5 Å². The summed E-state index contributed by atoms with van der Waals surface area (Å²) in [4.78, 5) is 35.4. The fourth-order valence-electron chi connectivity index (χ4n) is 4.92. The minimum atomic E-state index is -0.441. The van der Waals surface area contributed by atoms with E-state index >= 15 is 0 Å². The van der Waals surface area contributed by atoms with Crippen LogP contribution < -0.4 is 10.6 Å². The summed E-state index contributed by atoms with van der Waals surface area (Å²) in [5.41, 5.74) is 9.96. The number of rotatable bonds is 9. The quantitative estimate of drug-likeness (QED) is 0.484. The van der Waals surface area contributed by atoms with Gasteiger partial charge in [0.25, 0.3) is 5.91 Å². The molecule has 2 aromatic carbocycles. The van der Waals surface area contributed by atoms with E-state index in [9.17, 15) is 9.59 Å². The second-order valence-corrected chi connectivity index (χ2v) is 9.17. The lowest BCUT2D eigenvalue weighted by molar-refractivity contribution is 0.0772. The molecule has 0 unspecified atom stereocenters. The number of aromatic nitrogens is 1. The van der Waals surface area contributed by atoms with Crippen molar-refractivity contribution in [2.75, 3.05) is 31.1 Å². The number of benzene rings is 2. The van der Waals surface area contributed by atoms with Crippen molar-refractivity contribution in [3.63, 3.8) is 0 Å². The van der Waals surface area contributed by atoms with Crippen LogP contribution in [0, 0.1) is 0 Å². The van der Waals surface area contributed by atoms with E-state index in [1.54, 1.807) is 6.07 Å². The van der Waals surface area contributed by atoms with Gasteiger partial charge >= 0.3 is 0 Å². The predicted molar refractivity (Wildman–Crippen MR) is 143 cm³/mol. The molecule has 0 radical (unpaired) electrons. The Balaban J connectivity index is 1.58. The third-order valence-electron chi connectivity index (χ3n) is 6.93. The maximum absolute atomic E-state index is 12.8. The van der Waals surface area contributed by atoms with Gasteiger partial charge < -0.3 is 15.5 Å². The Kier molecular flexibility index (Phi) is 8.33. The van der Waals surface area contributed by atoms with E-state index in [4.69, 9.17) is 5.73 Å². The fraction of sp³-hybridized carbons (Fsp3) is 0.345. The average molecular weight is 486 g/mol. The van der Waals surface area contributed by atoms with Gasteiger partial charge in [-0.2, -0.15) is 0 Å². The monoisotopic (exact) mass is 485 g/mol. The maximum atomic E-state index is 12.8. The lowest BCUT2D eigenvalue weighted by Gasteiger charge is -2.40. The van der Waals surface area contributed by atoms with Gasteiger partial charge in [-0.25, -0.2) is 0 Å². The molecule has 1 aliphatic rings. The van der Waals surface area contributed by atoms with Crippen LogP contribution in [-0.2, 0) is 6.54 Å². The predicted octanol–water partition coefficient (Wildman–Crippen LogP) is 4.47. The normalized spacial score (nSPS) is 14.4. The number of primary amides is 1. The molecule has 36 heavy (non-hydrogen) atoms. The topological polar surface area (TPSA) is 82.8 Å². The van der Waals surface area contributed by atoms with Crippen molar-refractivity contribution in [2.45, 2.75) is 39.3 Å². The number of piperidine rings is 1. The number of pyridine rings is 1. The lowest BCUT2D eigenvalue weighted by atomic mass is 9.99. The Hall–Kier alpha value is -3.71. The first kappa shape index (κ1) is 25.4. The summed E-state index contributed by atoms with van der Waals surface area (Å²) in [7, 11) is 0. The van der Waals surface area contributed by atoms with Crippen LogP contribution in [0.5, 0.6) is 0 Å². The number of anilines is 2. The van der Waals surface area contributed by atoms with Crippen molar-refractivity contribution in [3.8, 4) is 0 Å². The van der Waals surface area contributed by atoms with Crippen molar-refractivity contribution in [1.82, 2.24) is 14.8 Å². The van der Waals surface area contributed by atoms with E-state index in [2.05, 4.69) is 26.9 Å².